The van der Waals surface area contributed by atoms with Crippen molar-refractivity contribution >= 4 is 17.5 Å². The number of halogens is 1. The maximum absolute atomic E-state index is 11.9. The van der Waals surface area contributed by atoms with E-state index >= 15 is 0 Å². The van der Waals surface area contributed by atoms with E-state index in [1.807, 2.05) is 47.2 Å². The quantitative estimate of drug-likeness (QED) is 0.799. The molecule has 0 saturated carbocycles. The average molecular weight is 307 g/mol. The van der Waals surface area contributed by atoms with E-state index in [9.17, 15) is 4.79 Å². The summed E-state index contributed by atoms with van der Waals surface area (Å²) >= 11 is 6.01. The summed E-state index contributed by atoms with van der Waals surface area (Å²) < 4.78 is 6.92. The van der Waals surface area contributed by atoms with E-state index in [1.165, 1.54) is 0 Å². The summed E-state index contributed by atoms with van der Waals surface area (Å²) in [6.45, 7) is 1.28. The normalized spacial score (nSPS) is 10.6. The molecule has 0 saturated heterocycles. The molecule has 0 aliphatic rings. The van der Waals surface area contributed by atoms with Gasteiger partial charge in [0.15, 0.2) is 0 Å². The van der Waals surface area contributed by atoms with E-state index in [2.05, 4.69) is 5.32 Å². The van der Waals surface area contributed by atoms with Gasteiger partial charge >= 0.3 is 0 Å². The van der Waals surface area contributed by atoms with Crippen molar-refractivity contribution in [1.82, 2.24) is 9.88 Å². The van der Waals surface area contributed by atoms with Crippen molar-refractivity contribution in [2.75, 3.05) is 20.3 Å². The highest BCUT2D eigenvalue weighted by atomic mass is 35.5. The van der Waals surface area contributed by atoms with Gasteiger partial charge in [-0.25, -0.2) is 0 Å². The first-order valence-corrected chi connectivity index (χ1v) is 7.26. The number of methoxy groups -OCH3 is 1. The van der Waals surface area contributed by atoms with Crippen LogP contribution in [0.2, 0.25) is 5.02 Å². The molecule has 0 radical (unpaired) electrons. The molecule has 21 heavy (non-hydrogen) atoms. The standard InChI is InChI=1S/C16H19ClN2O2/c1-21-10-4-8-18-16(20)12-15-7-3-9-19(15)14-6-2-5-13(17)11-14/h2-3,5-7,9,11H,4,8,10,12H2,1H3,(H,18,20). The van der Waals surface area contributed by atoms with E-state index in [4.69, 9.17) is 16.3 Å². The molecule has 4 nitrogen and oxygen atoms in total. The molecule has 1 amide bonds. The van der Waals surface area contributed by atoms with Crippen LogP contribution in [0.3, 0.4) is 0 Å². The highest BCUT2D eigenvalue weighted by Gasteiger charge is 2.08. The number of carbonyl (C=O) groups excluding carboxylic acids is 1. The van der Waals surface area contributed by atoms with Gasteiger partial charge in [0.2, 0.25) is 5.91 Å². The number of nitrogens with one attached hydrogen (secondary N) is 1. The second-order valence-electron chi connectivity index (χ2n) is 4.72. The third kappa shape index (κ3) is 4.62. The Morgan fingerprint density at radius 3 is 2.95 bits per heavy atom. The van der Waals surface area contributed by atoms with Crippen molar-refractivity contribution in [1.29, 1.82) is 0 Å². The van der Waals surface area contributed by atoms with E-state index < -0.39 is 0 Å². The third-order valence-electron chi connectivity index (χ3n) is 3.11. The van der Waals surface area contributed by atoms with Crippen LogP contribution in [0.1, 0.15) is 12.1 Å². The van der Waals surface area contributed by atoms with E-state index in [-0.39, 0.29) is 5.91 Å². The molecule has 0 unspecified atom stereocenters. The van der Waals surface area contributed by atoms with Gasteiger partial charge in [-0.2, -0.15) is 0 Å². The van der Waals surface area contributed by atoms with E-state index in [0.717, 1.165) is 17.8 Å². The molecular formula is C16H19ClN2O2. The fourth-order valence-corrected chi connectivity index (χ4v) is 2.29. The van der Waals surface area contributed by atoms with Crippen molar-refractivity contribution in [3.8, 4) is 5.69 Å². The number of hydrogen-bond acceptors (Lipinski definition) is 2. The Bertz CT molecular complexity index is 595. The van der Waals surface area contributed by atoms with Crippen LogP contribution in [0.5, 0.6) is 0 Å². The molecule has 0 atom stereocenters. The van der Waals surface area contributed by atoms with Gasteiger partial charge in [-0.05, 0) is 36.8 Å². The first-order chi connectivity index (χ1) is 10.2. The summed E-state index contributed by atoms with van der Waals surface area (Å²) in [5.74, 6) is 0.00748. The van der Waals surface area contributed by atoms with Crippen LogP contribution in [0.25, 0.3) is 5.69 Å². The zero-order valence-corrected chi connectivity index (χ0v) is 12.8. The van der Waals surface area contributed by atoms with Crippen molar-refractivity contribution in [3.05, 3.63) is 53.3 Å². The van der Waals surface area contributed by atoms with Gasteiger partial charge in [0.25, 0.3) is 0 Å². The Hall–Kier alpha value is -1.78. The number of aromatic nitrogens is 1. The van der Waals surface area contributed by atoms with Crippen LogP contribution in [-0.4, -0.2) is 30.7 Å². The Labute approximate surface area is 129 Å². The Morgan fingerprint density at radius 2 is 2.19 bits per heavy atom. The second kappa shape index (κ2) is 7.86. The zero-order valence-electron chi connectivity index (χ0n) is 12.0. The molecule has 1 aromatic heterocycles. The molecule has 1 heterocycles. The van der Waals surface area contributed by atoms with Gasteiger partial charge in [-0.3, -0.25) is 4.79 Å². The summed E-state index contributed by atoms with van der Waals surface area (Å²) in [6, 6.07) is 11.4. The predicted octanol–water partition coefficient (Wildman–Crippen LogP) is 2.83. The largest absolute Gasteiger partial charge is 0.385 e. The molecule has 1 aromatic carbocycles. The maximum atomic E-state index is 11.9. The predicted molar refractivity (Wildman–Crippen MR) is 84.0 cm³/mol. The topological polar surface area (TPSA) is 43.3 Å². The van der Waals surface area contributed by atoms with Crippen LogP contribution in [0.4, 0.5) is 0 Å². The van der Waals surface area contributed by atoms with Crippen LogP contribution in [0, 0.1) is 0 Å². The number of hydrogen-bond donors (Lipinski definition) is 1. The number of ether oxygens (including phenoxy) is 1. The first kappa shape index (κ1) is 15.6. The maximum Gasteiger partial charge on any atom is 0.225 e. The lowest BCUT2D eigenvalue weighted by atomic mass is 10.2. The fourth-order valence-electron chi connectivity index (χ4n) is 2.11. The second-order valence-corrected chi connectivity index (χ2v) is 5.16. The molecule has 2 rings (SSSR count). The number of nitrogens with zero attached hydrogens (tertiary/aromatic N) is 1. The summed E-state index contributed by atoms with van der Waals surface area (Å²) in [5.41, 5.74) is 1.89. The zero-order chi connectivity index (χ0) is 15.1. The molecular weight excluding hydrogens is 288 g/mol. The molecule has 2 aromatic rings. The van der Waals surface area contributed by atoms with Gasteiger partial charge in [0, 0.05) is 42.9 Å². The lowest BCUT2D eigenvalue weighted by Gasteiger charge is -2.10. The van der Waals surface area contributed by atoms with Gasteiger partial charge in [-0.15, -0.1) is 0 Å². The average Bonchev–Trinajstić information content (AvgIpc) is 2.92. The molecule has 0 aliphatic heterocycles. The molecule has 112 valence electrons. The van der Waals surface area contributed by atoms with E-state index in [0.29, 0.717) is 24.6 Å². The van der Waals surface area contributed by atoms with Crippen LogP contribution >= 0.6 is 11.6 Å². The summed E-state index contributed by atoms with van der Waals surface area (Å²) in [6.07, 6.45) is 3.09. The monoisotopic (exact) mass is 306 g/mol. The van der Waals surface area contributed by atoms with Gasteiger partial charge in [0.05, 0.1) is 6.42 Å². The SMILES string of the molecule is COCCCNC(=O)Cc1cccn1-c1cccc(Cl)c1. The smallest absolute Gasteiger partial charge is 0.225 e. The highest BCUT2D eigenvalue weighted by molar-refractivity contribution is 6.30. The third-order valence-corrected chi connectivity index (χ3v) is 3.34. The molecule has 0 bridgehead atoms. The highest BCUT2D eigenvalue weighted by Crippen LogP contribution is 2.17. The van der Waals surface area contributed by atoms with Crippen LogP contribution < -0.4 is 5.32 Å². The van der Waals surface area contributed by atoms with E-state index in [1.54, 1.807) is 7.11 Å². The van der Waals surface area contributed by atoms with Gasteiger partial charge in [-0.1, -0.05) is 17.7 Å². The van der Waals surface area contributed by atoms with Crippen molar-refractivity contribution in [3.63, 3.8) is 0 Å². The molecule has 1 N–H and O–H groups in total. The minimum absolute atomic E-state index is 0.00748. The molecule has 0 aliphatic carbocycles. The fraction of sp³-hybridized carbons (Fsp3) is 0.312. The number of benzene rings is 1. The number of carbonyl (C=O) groups is 1. The summed E-state index contributed by atoms with van der Waals surface area (Å²) in [4.78, 5) is 11.9. The molecule has 0 fully saturated rings. The number of rotatable bonds is 7. The lowest BCUT2D eigenvalue weighted by molar-refractivity contribution is -0.120. The summed E-state index contributed by atoms with van der Waals surface area (Å²) in [7, 11) is 1.65. The van der Waals surface area contributed by atoms with Crippen molar-refractivity contribution in [2.45, 2.75) is 12.8 Å². The Morgan fingerprint density at radius 1 is 1.33 bits per heavy atom. The van der Waals surface area contributed by atoms with Crippen LogP contribution in [-0.2, 0) is 16.0 Å². The van der Waals surface area contributed by atoms with Crippen molar-refractivity contribution < 1.29 is 9.53 Å². The number of amides is 1. The van der Waals surface area contributed by atoms with Gasteiger partial charge in [0.1, 0.15) is 0 Å². The minimum Gasteiger partial charge on any atom is -0.385 e. The molecule has 0 spiro atoms. The minimum atomic E-state index is 0.00748. The van der Waals surface area contributed by atoms with Crippen molar-refractivity contribution in [2.24, 2.45) is 0 Å². The first-order valence-electron chi connectivity index (χ1n) is 6.88. The molecule has 5 heteroatoms. The van der Waals surface area contributed by atoms with Crippen LogP contribution in [0.15, 0.2) is 42.6 Å². The Balaban J connectivity index is 1.99. The van der Waals surface area contributed by atoms with Gasteiger partial charge < -0.3 is 14.6 Å². The lowest BCUT2D eigenvalue weighted by Crippen LogP contribution is -2.27. The summed E-state index contributed by atoms with van der Waals surface area (Å²) in [5, 5.41) is 3.56. The Kier molecular flexibility index (Phi) is 5.84.